The Kier molecular flexibility index (Phi) is 5.53. The van der Waals surface area contributed by atoms with Crippen molar-refractivity contribution in [1.82, 2.24) is 4.90 Å². The van der Waals surface area contributed by atoms with Crippen LogP contribution in [0.5, 0.6) is 11.5 Å². The summed E-state index contributed by atoms with van der Waals surface area (Å²) in [7, 11) is 1.88. The summed E-state index contributed by atoms with van der Waals surface area (Å²) in [5, 5.41) is 2.84. The second kappa shape index (κ2) is 8.01. The highest BCUT2D eigenvalue weighted by molar-refractivity contribution is 5.96. The number of carbonyl (C=O) groups excluding carboxylic acids is 2. The molecular formula is C20H22N2O4. The standard InChI is InChI=1S/C20H22N2O4/c1-14(23)16-4-6-17(7-5-16)21-20(24)13-22(2)12-15-3-8-18-19(11-15)26-10-9-25-18/h3-8,11H,9-10,12-13H2,1-2H3,(H,21,24). The Morgan fingerprint density at radius 3 is 2.42 bits per heavy atom. The van der Waals surface area contributed by atoms with E-state index in [9.17, 15) is 9.59 Å². The van der Waals surface area contributed by atoms with Gasteiger partial charge in [0, 0.05) is 17.8 Å². The summed E-state index contributed by atoms with van der Waals surface area (Å²) in [6.07, 6.45) is 0. The minimum atomic E-state index is -0.111. The molecule has 1 aliphatic heterocycles. The summed E-state index contributed by atoms with van der Waals surface area (Å²) in [6, 6.07) is 12.7. The lowest BCUT2D eigenvalue weighted by molar-refractivity contribution is -0.117. The molecule has 1 amide bonds. The van der Waals surface area contributed by atoms with Crippen LogP contribution in [0.15, 0.2) is 42.5 Å². The van der Waals surface area contributed by atoms with Crippen molar-refractivity contribution in [2.24, 2.45) is 0 Å². The van der Waals surface area contributed by atoms with Crippen molar-refractivity contribution in [2.75, 3.05) is 32.1 Å². The molecular weight excluding hydrogens is 332 g/mol. The van der Waals surface area contributed by atoms with Gasteiger partial charge in [-0.1, -0.05) is 6.07 Å². The average Bonchev–Trinajstić information content (AvgIpc) is 2.61. The molecule has 0 radical (unpaired) electrons. The maximum absolute atomic E-state index is 12.2. The van der Waals surface area contributed by atoms with Gasteiger partial charge in [0.25, 0.3) is 0 Å². The van der Waals surface area contributed by atoms with Crippen molar-refractivity contribution in [3.05, 3.63) is 53.6 Å². The summed E-state index contributed by atoms with van der Waals surface area (Å²) in [6.45, 7) is 3.51. The minimum Gasteiger partial charge on any atom is -0.486 e. The van der Waals surface area contributed by atoms with Gasteiger partial charge in [-0.25, -0.2) is 0 Å². The van der Waals surface area contributed by atoms with Crippen LogP contribution in [0.3, 0.4) is 0 Å². The van der Waals surface area contributed by atoms with E-state index in [1.54, 1.807) is 24.3 Å². The highest BCUT2D eigenvalue weighted by Crippen LogP contribution is 2.31. The number of amides is 1. The number of carbonyl (C=O) groups is 2. The highest BCUT2D eigenvalue weighted by Gasteiger charge is 2.13. The lowest BCUT2D eigenvalue weighted by atomic mass is 10.1. The van der Waals surface area contributed by atoms with Gasteiger partial charge in [-0.2, -0.15) is 0 Å². The van der Waals surface area contributed by atoms with Crippen molar-refractivity contribution in [3.8, 4) is 11.5 Å². The number of nitrogens with zero attached hydrogens (tertiary/aromatic N) is 1. The lowest BCUT2D eigenvalue weighted by Crippen LogP contribution is -2.29. The Morgan fingerprint density at radius 1 is 1.04 bits per heavy atom. The fourth-order valence-corrected chi connectivity index (χ4v) is 2.79. The number of Topliss-reactive ketones (excluding diaryl/α,β-unsaturated/α-hetero) is 1. The number of anilines is 1. The predicted octanol–water partition coefficient (Wildman–Crippen LogP) is 2.73. The third-order valence-electron chi connectivity index (χ3n) is 4.05. The predicted molar refractivity (Wildman–Crippen MR) is 98.8 cm³/mol. The van der Waals surface area contributed by atoms with E-state index in [1.807, 2.05) is 30.1 Å². The van der Waals surface area contributed by atoms with Gasteiger partial charge in [0.05, 0.1) is 6.54 Å². The first-order valence-electron chi connectivity index (χ1n) is 8.49. The molecule has 3 rings (SSSR count). The number of likely N-dealkylation sites (N-methyl/N-ethyl adjacent to an activating group) is 1. The molecule has 0 bridgehead atoms. The largest absolute Gasteiger partial charge is 0.486 e. The first kappa shape index (κ1) is 17.9. The fraction of sp³-hybridized carbons (Fsp3) is 0.300. The van der Waals surface area contributed by atoms with Gasteiger partial charge in [-0.15, -0.1) is 0 Å². The van der Waals surface area contributed by atoms with Crippen LogP contribution in [0, 0.1) is 0 Å². The highest BCUT2D eigenvalue weighted by atomic mass is 16.6. The molecule has 1 N–H and O–H groups in total. The number of rotatable bonds is 6. The summed E-state index contributed by atoms with van der Waals surface area (Å²) in [5.41, 5.74) is 2.35. The number of ketones is 1. The smallest absolute Gasteiger partial charge is 0.238 e. The van der Waals surface area contributed by atoms with Crippen LogP contribution in [0.25, 0.3) is 0 Å². The van der Waals surface area contributed by atoms with Crippen LogP contribution < -0.4 is 14.8 Å². The van der Waals surface area contributed by atoms with Crippen molar-refractivity contribution in [3.63, 3.8) is 0 Å². The lowest BCUT2D eigenvalue weighted by Gasteiger charge is -2.21. The quantitative estimate of drug-likeness (QED) is 0.808. The number of hydrogen-bond donors (Lipinski definition) is 1. The van der Waals surface area contributed by atoms with E-state index < -0.39 is 0 Å². The normalized spacial score (nSPS) is 12.7. The molecule has 136 valence electrons. The van der Waals surface area contributed by atoms with Crippen LogP contribution in [0.2, 0.25) is 0 Å². The number of ether oxygens (including phenoxy) is 2. The monoisotopic (exact) mass is 354 g/mol. The zero-order valence-electron chi connectivity index (χ0n) is 15.0. The maximum Gasteiger partial charge on any atom is 0.238 e. The Balaban J connectivity index is 1.53. The van der Waals surface area contributed by atoms with Crippen molar-refractivity contribution in [1.29, 1.82) is 0 Å². The van der Waals surface area contributed by atoms with Gasteiger partial charge < -0.3 is 14.8 Å². The van der Waals surface area contributed by atoms with E-state index in [0.717, 1.165) is 17.1 Å². The molecule has 0 saturated carbocycles. The van der Waals surface area contributed by atoms with Gasteiger partial charge in [0.2, 0.25) is 5.91 Å². The molecule has 0 spiro atoms. The number of nitrogens with one attached hydrogen (secondary N) is 1. The van der Waals surface area contributed by atoms with E-state index in [-0.39, 0.29) is 18.2 Å². The topological polar surface area (TPSA) is 67.9 Å². The first-order valence-corrected chi connectivity index (χ1v) is 8.49. The number of hydrogen-bond acceptors (Lipinski definition) is 5. The molecule has 26 heavy (non-hydrogen) atoms. The van der Waals surface area contributed by atoms with Gasteiger partial charge in [0.1, 0.15) is 13.2 Å². The second-order valence-electron chi connectivity index (χ2n) is 6.33. The van der Waals surface area contributed by atoms with Crippen molar-refractivity contribution in [2.45, 2.75) is 13.5 Å². The molecule has 0 unspecified atom stereocenters. The van der Waals surface area contributed by atoms with Gasteiger partial charge in [-0.3, -0.25) is 14.5 Å². The number of benzene rings is 2. The first-order chi connectivity index (χ1) is 12.5. The second-order valence-corrected chi connectivity index (χ2v) is 6.33. The van der Waals surface area contributed by atoms with E-state index in [1.165, 1.54) is 6.92 Å². The Hall–Kier alpha value is -2.86. The van der Waals surface area contributed by atoms with E-state index in [0.29, 0.717) is 31.0 Å². The van der Waals surface area contributed by atoms with Crippen LogP contribution in [-0.4, -0.2) is 43.4 Å². The van der Waals surface area contributed by atoms with Crippen LogP contribution in [0.4, 0.5) is 5.69 Å². The summed E-state index contributed by atoms with van der Waals surface area (Å²) in [5.74, 6) is 1.40. The molecule has 0 saturated heterocycles. The molecule has 6 heteroatoms. The minimum absolute atomic E-state index is 0.00189. The molecule has 2 aromatic rings. The molecule has 2 aromatic carbocycles. The SMILES string of the molecule is CC(=O)c1ccc(NC(=O)CN(C)Cc2ccc3c(c2)OCCO3)cc1. The molecule has 0 fully saturated rings. The van der Waals surface area contributed by atoms with Crippen LogP contribution in [-0.2, 0) is 11.3 Å². The molecule has 0 aromatic heterocycles. The summed E-state index contributed by atoms with van der Waals surface area (Å²) in [4.78, 5) is 25.4. The summed E-state index contributed by atoms with van der Waals surface area (Å²) < 4.78 is 11.1. The Bertz CT molecular complexity index is 802. The van der Waals surface area contributed by atoms with Crippen LogP contribution in [0.1, 0.15) is 22.8 Å². The van der Waals surface area contributed by atoms with E-state index in [4.69, 9.17) is 9.47 Å². The Labute approximate surface area is 152 Å². The third kappa shape index (κ3) is 4.61. The maximum atomic E-state index is 12.2. The van der Waals surface area contributed by atoms with Crippen LogP contribution >= 0.6 is 0 Å². The van der Waals surface area contributed by atoms with E-state index in [2.05, 4.69) is 5.32 Å². The summed E-state index contributed by atoms with van der Waals surface area (Å²) >= 11 is 0. The third-order valence-corrected chi connectivity index (χ3v) is 4.05. The molecule has 1 heterocycles. The van der Waals surface area contributed by atoms with Crippen molar-refractivity contribution < 1.29 is 19.1 Å². The van der Waals surface area contributed by atoms with Gasteiger partial charge in [-0.05, 0) is 55.9 Å². The average molecular weight is 354 g/mol. The molecule has 0 atom stereocenters. The van der Waals surface area contributed by atoms with Gasteiger partial charge >= 0.3 is 0 Å². The Morgan fingerprint density at radius 2 is 1.73 bits per heavy atom. The molecule has 6 nitrogen and oxygen atoms in total. The van der Waals surface area contributed by atoms with Crippen molar-refractivity contribution >= 4 is 17.4 Å². The fourth-order valence-electron chi connectivity index (χ4n) is 2.79. The van der Waals surface area contributed by atoms with Gasteiger partial charge in [0.15, 0.2) is 17.3 Å². The van der Waals surface area contributed by atoms with E-state index >= 15 is 0 Å². The number of fused-ring (bicyclic) bond motifs is 1. The zero-order valence-corrected chi connectivity index (χ0v) is 15.0. The zero-order chi connectivity index (χ0) is 18.5. The molecule has 1 aliphatic rings. The molecule has 0 aliphatic carbocycles.